The smallest absolute Gasteiger partial charge is 0.250 e. The molecule has 0 spiro atoms. The molecule has 7 aromatic rings. The van der Waals surface area contributed by atoms with Gasteiger partial charge in [-0.15, -0.1) is 0 Å². The number of nitrogens with one attached hydrogen (secondary N) is 2. The third kappa shape index (κ3) is 9.58. The van der Waals surface area contributed by atoms with E-state index in [2.05, 4.69) is 106 Å². The van der Waals surface area contributed by atoms with Gasteiger partial charge in [-0.25, -0.2) is 4.21 Å². The standard InChI is InChI=1S/C23H21N3O2S.C22H27BrN2OSi/c1-16-8-10-18(27)15-23(16)25-22-12-13-24-21-11-9-17(14-20(21)22)26-29(2,28)19-6-4-3-5-7-19;1-15-7-9-17(26-27(5,6)22(2,3)4)14-21(15)25-20-11-12-24-19-10-8-16(23)13-18(19)20/h3-15,27H,1-2H3,(H,24,25);7-14H,1-6H3,(H,24,25)/t29-;/m1./s1. The van der Waals surface area contributed by atoms with E-state index >= 15 is 0 Å². The molecule has 5 aromatic carbocycles. The molecule has 0 saturated heterocycles. The maximum Gasteiger partial charge on any atom is 0.250 e. The molecular formula is C45H48BrN5O3SSi. The Morgan fingerprint density at radius 1 is 0.714 bits per heavy atom. The SMILES string of the molecule is Cc1ccc(O)cc1Nc1ccnc2ccc(N=[S@](C)(=O)c3ccccc3)cc12.Cc1ccc(O[Si](C)(C)C(C)(C)C)cc1Nc1ccnc2ccc(Br)cc12. The molecule has 0 saturated carbocycles. The molecule has 2 aromatic heterocycles. The van der Waals surface area contributed by atoms with Crippen molar-refractivity contribution in [3.63, 3.8) is 0 Å². The van der Waals surface area contributed by atoms with Crippen molar-refractivity contribution in [3.8, 4) is 11.5 Å². The molecule has 0 aliphatic rings. The van der Waals surface area contributed by atoms with Gasteiger partial charge in [0.05, 0.1) is 26.4 Å². The van der Waals surface area contributed by atoms with Crippen LogP contribution in [0.1, 0.15) is 31.9 Å². The Bertz CT molecular complexity index is 2660. The number of aryl methyl sites for hydroxylation is 2. The third-order valence-corrected chi connectivity index (χ3v) is 16.6. The molecule has 0 bridgehead atoms. The van der Waals surface area contributed by atoms with Gasteiger partial charge in [0, 0.05) is 73.7 Å². The van der Waals surface area contributed by atoms with Gasteiger partial charge >= 0.3 is 0 Å². The van der Waals surface area contributed by atoms with E-state index in [9.17, 15) is 9.32 Å². The van der Waals surface area contributed by atoms with E-state index in [0.717, 1.165) is 60.3 Å². The predicted molar refractivity (Wildman–Crippen MR) is 240 cm³/mol. The van der Waals surface area contributed by atoms with Gasteiger partial charge in [-0.1, -0.05) is 67.0 Å². The third-order valence-electron chi connectivity index (χ3n) is 10.0. The Morgan fingerprint density at radius 2 is 1.29 bits per heavy atom. The number of fused-ring (bicyclic) bond motifs is 2. The van der Waals surface area contributed by atoms with Crippen LogP contribution in [-0.4, -0.2) is 33.9 Å². The van der Waals surface area contributed by atoms with E-state index in [1.807, 2.05) is 92.0 Å². The molecule has 11 heteroatoms. The highest BCUT2D eigenvalue weighted by Gasteiger charge is 2.39. The molecule has 0 unspecified atom stereocenters. The van der Waals surface area contributed by atoms with Gasteiger partial charge in [0.2, 0.25) is 8.32 Å². The summed E-state index contributed by atoms with van der Waals surface area (Å²) in [6.45, 7) is 15.4. The van der Waals surface area contributed by atoms with E-state index in [0.29, 0.717) is 10.6 Å². The lowest BCUT2D eigenvalue weighted by Crippen LogP contribution is -2.43. The Labute approximate surface area is 339 Å². The zero-order valence-electron chi connectivity index (χ0n) is 33.0. The molecule has 0 aliphatic carbocycles. The second-order valence-corrected chi connectivity index (χ2v) is 23.3. The molecular weight excluding hydrogens is 799 g/mol. The van der Waals surface area contributed by atoms with Gasteiger partial charge in [-0.2, -0.15) is 4.36 Å². The Hall–Kier alpha value is -5.23. The summed E-state index contributed by atoms with van der Waals surface area (Å²) in [7, 11) is -4.44. The fraction of sp³-hybridized carbons (Fsp3) is 0.200. The molecule has 288 valence electrons. The number of hydrogen-bond acceptors (Lipinski definition) is 8. The molecule has 0 amide bonds. The Kier molecular flexibility index (Phi) is 11.9. The molecule has 2 heterocycles. The van der Waals surface area contributed by atoms with Gasteiger partial charge < -0.3 is 20.2 Å². The molecule has 56 heavy (non-hydrogen) atoms. The van der Waals surface area contributed by atoms with Crippen LogP contribution in [0.2, 0.25) is 18.1 Å². The van der Waals surface area contributed by atoms with Crippen LogP contribution >= 0.6 is 15.9 Å². The van der Waals surface area contributed by atoms with Crippen molar-refractivity contribution in [1.82, 2.24) is 9.97 Å². The van der Waals surface area contributed by atoms with Crippen molar-refractivity contribution in [2.45, 2.75) is 57.6 Å². The van der Waals surface area contributed by atoms with E-state index < -0.39 is 18.0 Å². The largest absolute Gasteiger partial charge is 0.543 e. The summed E-state index contributed by atoms with van der Waals surface area (Å²) in [5.74, 6) is 1.12. The van der Waals surface area contributed by atoms with Crippen molar-refractivity contribution in [2.24, 2.45) is 4.36 Å². The number of anilines is 4. The lowest BCUT2D eigenvalue weighted by Gasteiger charge is -2.36. The van der Waals surface area contributed by atoms with Gasteiger partial charge in [0.25, 0.3) is 0 Å². The van der Waals surface area contributed by atoms with E-state index in [1.165, 1.54) is 5.56 Å². The first-order valence-electron chi connectivity index (χ1n) is 18.3. The normalized spacial score (nSPS) is 12.7. The van der Waals surface area contributed by atoms with Gasteiger partial charge in [-0.05, 0) is 116 Å². The molecule has 3 N–H and O–H groups in total. The average Bonchev–Trinajstić information content (AvgIpc) is 3.15. The van der Waals surface area contributed by atoms with E-state index in [1.54, 1.807) is 24.6 Å². The number of aromatic nitrogens is 2. The second kappa shape index (κ2) is 16.5. The molecule has 7 rings (SSSR count). The lowest BCUT2D eigenvalue weighted by atomic mass is 10.1. The maximum atomic E-state index is 13.1. The summed E-state index contributed by atoms with van der Waals surface area (Å²) < 4.78 is 25.2. The minimum atomic E-state index is -2.56. The van der Waals surface area contributed by atoms with Crippen molar-refractivity contribution >= 4 is 84.2 Å². The fourth-order valence-electron chi connectivity index (χ4n) is 5.74. The summed E-state index contributed by atoms with van der Waals surface area (Å²) in [4.78, 5) is 9.57. The molecule has 8 nitrogen and oxygen atoms in total. The summed E-state index contributed by atoms with van der Waals surface area (Å²) in [5.41, 5.74) is 8.31. The first-order valence-corrected chi connectivity index (χ1v) is 24.0. The first-order chi connectivity index (χ1) is 26.5. The van der Waals surface area contributed by atoms with Crippen LogP contribution in [0.15, 0.2) is 141 Å². The van der Waals surface area contributed by atoms with Crippen LogP contribution in [-0.2, 0) is 9.73 Å². The monoisotopic (exact) mass is 845 g/mol. The number of hydrogen-bond donors (Lipinski definition) is 3. The quantitative estimate of drug-likeness (QED) is 0.131. The minimum absolute atomic E-state index is 0.166. The van der Waals surface area contributed by atoms with Gasteiger partial charge in [-0.3, -0.25) is 9.97 Å². The molecule has 1 atom stereocenters. The first kappa shape index (κ1) is 40.4. The number of benzene rings is 5. The van der Waals surface area contributed by atoms with Crippen LogP contribution in [0.5, 0.6) is 11.5 Å². The summed E-state index contributed by atoms with van der Waals surface area (Å²) in [5, 5.41) is 18.9. The van der Waals surface area contributed by atoms with E-state index in [4.69, 9.17) is 4.43 Å². The summed E-state index contributed by atoms with van der Waals surface area (Å²) >= 11 is 3.56. The number of phenolic OH excluding ortho intramolecular Hbond substituents is 1. The Balaban J connectivity index is 0.000000190. The number of pyridine rings is 2. The van der Waals surface area contributed by atoms with Crippen LogP contribution in [0.4, 0.5) is 28.4 Å². The highest BCUT2D eigenvalue weighted by Crippen LogP contribution is 2.39. The average molecular weight is 847 g/mol. The van der Waals surface area contributed by atoms with Crippen LogP contribution in [0.3, 0.4) is 0 Å². The number of nitrogens with zero attached hydrogens (tertiary/aromatic N) is 3. The van der Waals surface area contributed by atoms with Crippen molar-refractivity contribution in [3.05, 3.63) is 143 Å². The fourth-order valence-corrected chi connectivity index (χ4v) is 8.40. The van der Waals surface area contributed by atoms with Crippen molar-refractivity contribution in [1.29, 1.82) is 0 Å². The minimum Gasteiger partial charge on any atom is -0.543 e. The molecule has 0 fully saturated rings. The van der Waals surface area contributed by atoms with E-state index in [-0.39, 0.29) is 10.8 Å². The van der Waals surface area contributed by atoms with Crippen LogP contribution < -0.4 is 15.1 Å². The van der Waals surface area contributed by atoms with Gasteiger partial charge in [0.15, 0.2) is 0 Å². The van der Waals surface area contributed by atoms with Crippen LogP contribution in [0, 0.1) is 13.8 Å². The van der Waals surface area contributed by atoms with Crippen molar-refractivity contribution < 1.29 is 13.7 Å². The number of aromatic hydroxyl groups is 1. The van der Waals surface area contributed by atoms with Crippen LogP contribution in [0.25, 0.3) is 21.8 Å². The zero-order valence-corrected chi connectivity index (χ0v) is 36.4. The van der Waals surface area contributed by atoms with Gasteiger partial charge in [0.1, 0.15) is 11.5 Å². The number of halogens is 1. The topological polar surface area (TPSA) is 109 Å². The highest BCUT2D eigenvalue weighted by molar-refractivity contribution is 9.10. The maximum absolute atomic E-state index is 13.1. The second-order valence-electron chi connectivity index (χ2n) is 15.4. The lowest BCUT2D eigenvalue weighted by molar-refractivity contribution is 0.475. The zero-order chi connectivity index (χ0) is 40.3. The number of rotatable bonds is 8. The molecule has 0 aliphatic heterocycles. The number of phenols is 1. The summed E-state index contributed by atoms with van der Waals surface area (Å²) in [6, 6.07) is 36.3. The predicted octanol–water partition coefficient (Wildman–Crippen LogP) is 13.2. The Morgan fingerprint density at radius 3 is 1.91 bits per heavy atom. The molecule has 0 radical (unpaired) electrons. The summed E-state index contributed by atoms with van der Waals surface area (Å²) in [6.07, 6.45) is 5.21. The van der Waals surface area contributed by atoms with Crippen molar-refractivity contribution in [2.75, 3.05) is 16.9 Å². The highest BCUT2D eigenvalue weighted by atomic mass is 79.9.